The highest BCUT2D eigenvalue weighted by atomic mass is 32.2. The van der Waals surface area contributed by atoms with Crippen molar-refractivity contribution in [2.75, 3.05) is 75.3 Å². The second-order valence-corrected chi connectivity index (χ2v) is 15.7. The Hall–Kier alpha value is -3.70. The van der Waals surface area contributed by atoms with E-state index in [0.29, 0.717) is 93.1 Å². The predicted octanol–water partition coefficient (Wildman–Crippen LogP) is 0.208. The van der Waals surface area contributed by atoms with E-state index in [1.807, 2.05) is 16.7 Å². The van der Waals surface area contributed by atoms with Gasteiger partial charge in [-0.3, -0.25) is 33.8 Å². The van der Waals surface area contributed by atoms with Crippen LogP contribution in [-0.4, -0.2) is 137 Å². The molecule has 17 heteroatoms. The lowest BCUT2D eigenvalue weighted by Gasteiger charge is -2.35. The number of imide groups is 1. The van der Waals surface area contributed by atoms with Crippen LogP contribution in [0.3, 0.4) is 0 Å². The SMILES string of the molecule is Nc1ccc(C(=O)NCCCC(=O)NCCSC2CC(=O)N(CCN3CCN(C(=O)CCCCC4SCC5NC(=O)NC54)CC3)C2=O)cc1N. The molecule has 15 nitrogen and oxygen atoms in total. The molecule has 50 heavy (non-hydrogen) atoms. The highest BCUT2D eigenvalue weighted by Gasteiger charge is 2.42. The minimum absolute atomic E-state index is 0.0749. The molecule has 0 radical (unpaired) electrons. The number of thioether (sulfide) groups is 2. The van der Waals surface area contributed by atoms with Crippen molar-refractivity contribution in [3.05, 3.63) is 23.8 Å². The summed E-state index contributed by atoms with van der Waals surface area (Å²) in [7, 11) is 0. The summed E-state index contributed by atoms with van der Waals surface area (Å²) in [6.45, 7) is 4.30. The van der Waals surface area contributed by atoms with Crippen LogP contribution >= 0.6 is 23.5 Å². The number of fused-ring (bicyclic) bond motifs is 1. The summed E-state index contributed by atoms with van der Waals surface area (Å²) in [5, 5.41) is 11.5. The number of nitrogens with two attached hydrogens (primary N) is 2. The first-order valence-electron chi connectivity index (χ1n) is 17.4. The molecule has 1 aromatic carbocycles. The molecule has 8 N–H and O–H groups in total. The molecule has 0 spiro atoms. The van der Waals surface area contributed by atoms with Gasteiger partial charge in [0.25, 0.3) is 5.91 Å². The minimum atomic E-state index is -0.450. The maximum atomic E-state index is 13.0. The first-order valence-corrected chi connectivity index (χ1v) is 19.5. The number of nitrogens with zero attached hydrogens (tertiary/aromatic N) is 3. The third kappa shape index (κ3) is 10.2. The fourth-order valence-corrected chi connectivity index (χ4v) is 9.23. The van der Waals surface area contributed by atoms with Gasteiger partial charge in [0.15, 0.2) is 0 Å². The lowest BCUT2D eigenvalue weighted by atomic mass is 10.0. The molecule has 0 saturated carbocycles. The second-order valence-electron chi connectivity index (χ2n) is 13.1. The second kappa shape index (κ2) is 18.0. The molecule has 4 unspecified atom stereocenters. The van der Waals surface area contributed by atoms with Gasteiger partial charge in [-0.15, -0.1) is 11.8 Å². The number of amides is 7. The molecule has 4 aliphatic heterocycles. The summed E-state index contributed by atoms with van der Waals surface area (Å²) in [6.07, 6.45) is 4.18. The van der Waals surface area contributed by atoms with Crippen molar-refractivity contribution in [1.29, 1.82) is 0 Å². The molecule has 1 aromatic rings. The number of nitrogens with one attached hydrogen (secondary N) is 4. The number of urea groups is 1. The van der Waals surface area contributed by atoms with Crippen LogP contribution in [0, 0.1) is 0 Å². The number of carbonyl (C=O) groups excluding carboxylic acids is 6. The quantitative estimate of drug-likeness (QED) is 0.0552. The first kappa shape index (κ1) is 37.6. The number of carbonyl (C=O) groups is 6. The Balaban J connectivity index is 0.881. The minimum Gasteiger partial charge on any atom is -0.397 e. The van der Waals surface area contributed by atoms with Crippen molar-refractivity contribution >= 4 is 70.5 Å². The molecular formula is C33H49N9O6S2. The molecular weight excluding hydrogens is 683 g/mol. The Labute approximate surface area is 301 Å². The number of piperazine rings is 1. The molecule has 7 amide bonds. The smallest absolute Gasteiger partial charge is 0.315 e. The van der Waals surface area contributed by atoms with E-state index in [4.69, 9.17) is 11.5 Å². The lowest BCUT2D eigenvalue weighted by molar-refractivity contribution is -0.138. The van der Waals surface area contributed by atoms with Gasteiger partial charge in [-0.2, -0.15) is 11.8 Å². The van der Waals surface area contributed by atoms with Gasteiger partial charge in [-0.05, 0) is 37.5 Å². The van der Waals surface area contributed by atoms with Crippen molar-refractivity contribution in [2.45, 2.75) is 67.5 Å². The van der Waals surface area contributed by atoms with Crippen molar-refractivity contribution < 1.29 is 28.8 Å². The number of hydrogen-bond donors (Lipinski definition) is 6. The summed E-state index contributed by atoms with van der Waals surface area (Å²) in [4.78, 5) is 79.8. The van der Waals surface area contributed by atoms with E-state index in [1.165, 1.54) is 22.7 Å². The molecule has 0 aromatic heterocycles. The van der Waals surface area contributed by atoms with Gasteiger partial charge in [-0.1, -0.05) is 6.42 Å². The summed E-state index contributed by atoms with van der Waals surface area (Å²) in [6, 6.07) is 5.02. The fourth-order valence-electron chi connectivity index (χ4n) is 6.65. The number of hydrogen-bond acceptors (Lipinski definition) is 11. The largest absolute Gasteiger partial charge is 0.397 e. The van der Waals surface area contributed by atoms with Crippen LogP contribution in [0.5, 0.6) is 0 Å². The Morgan fingerprint density at radius 2 is 1.72 bits per heavy atom. The van der Waals surface area contributed by atoms with Crippen LogP contribution in [0.2, 0.25) is 0 Å². The van der Waals surface area contributed by atoms with Gasteiger partial charge in [0, 0.05) is 93.9 Å². The number of rotatable bonds is 17. The third-order valence-electron chi connectivity index (χ3n) is 9.59. The predicted molar refractivity (Wildman–Crippen MR) is 194 cm³/mol. The molecule has 274 valence electrons. The number of anilines is 2. The van der Waals surface area contributed by atoms with E-state index >= 15 is 0 Å². The molecule has 0 aliphatic carbocycles. The van der Waals surface area contributed by atoms with Crippen LogP contribution in [-0.2, 0) is 19.2 Å². The molecule has 4 heterocycles. The van der Waals surface area contributed by atoms with Crippen LogP contribution < -0.4 is 32.7 Å². The first-order chi connectivity index (χ1) is 24.1. The van der Waals surface area contributed by atoms with E-state index in [9.17, 15) is 28.8 Å². The fraction of sp³-hybridized carbons (Fsp3) is 0.636. The number of nitrogen functional groups attached to an aromatic ring is 2. The van der Waals surface area contributed by atoms with E-state index in [0.717, 1.165) is 25.0 Å². The summed E-state index contributed by atoms with van der Waals surface area (Å²) < 4.78 is 0. The van der Waals surface area contributed by atoms with Crippen LogP contribution in [0.4, 0.5) is 16.2 Å². The Morgan fingerprint density at radius 3 is 2.50 bits per heavy atom. The summed E-state index contributed by atoms with van der Waals surface area (Å²) in [5.41, 5.74) is 12.6. The summed E-state index contributed by atoms with van der Waals surface area (Å²) >= 11 is 3.27. The molecule has 4 saturated heterocycles. The zero-order valence-corrected chi connectivity index (χ0v) is 30.0. The van der Waals surface area contributed by atoms with Crippen LogP contribution in [0.15, 0.2) is 18.2 Å². The maximum absolute atomic E-state index is 13.0. The zero-order chi connectivity index (χ0) is 35.6. The van der Waals surface area contributed by atoms with E-state index in [-0.39, 0.29) is 60.5 Å². The van der Waals surface area contributed by atoms with Gasteiger partial charge in [0.2, 0.25) is 23.6 Å². The molecule has 4 atom stereocenters. The topological polar surface area (TPSA) is 212 Å². The van der Waals surface area contributed by atoms with Gasteiger partial charge in [0.1, 0.15) is 0 Å². The van der Waals surface area contributed by atoms with Crippen LogP contribution in [0.25, 0.3) is 0 Å². The van der Waals surface area contributed by atoms with Gasteiger partial charge in [-0.25, -0.2) is 4.79 Å². The average Bonchev–Trinajstić information content (AvgIpc) is 3.74. The maximum Gasteiger partial charge on any atom is 0.315 e. The zero-order valence-electron chi connectivity index (χ0n) is 28.3. The standard InChI is InChI=1S/C33H49N9O6S2/c34-22-8-7-21(18-23(22)35)31(46)37-9-3-5-27(43)36-10-17-49-26-19-29(45)42(32(26)47)16-13-40-11-14-41(15-12-40)28(44)6-2-1-4-25-30-24(20-50-25)38-33(48)39-30/h7-8,18,24-26,30H,1-6,9-17,19-20,34-35H2,(H,36,43)(H,37,46)(H2,38,39,48). The Kier molecular flexibility index (Phi) is 13.5. The van der Waals surface area contributed by atoms with Crippen molar-refractivity contribution in [2.24, 2.45) is 0 Å². The lowest BCUT2D eigenvalue weighted by Crippen LogP contribution is -2.50. The van der Waals surface area contributed by atoms with Crippen LogP contribution in [0.1, 0.15) is 55.3 Å². The van der Waals surface area contributed by atoms with Crippen molar-refractivity contribution in [3.8, 4) is 0 Å². The normalized spacial score (nSPS) is 23.5. The monoisotopic (exact) mass is 731 g/mol. The molecule has 0 bridgehead atoms. The highest BCUT2D eigenvalue weighted by molar-refractivity contribution is 8.00. The number of likely N-dealkylation sites (tertiary alicyclic amines) is 1. The molecule has 5 rings (SSSR count). The third-order valence-corrected chi connectivity index (χ3v) is 12.3. The summed E-state index contributed by atoms with van der Waals surface area (Å²) in [5.74, 6) is 0.820. The molecule has 4 fully saturated rings. The Bertz CT molecular complexity index is 1430. The van der Waals surface area contributed by atoms with E-state index in [2.05, 4.69) is 26.2 Å². The van der Waals surface area contributed by atoms with Gasteiger partial charge in [0.05, 0.1) is 28.7 Å². The van der Waals surface area contributed by atoms with Crippen molar-refractivity contribution in [3.63, 3.8) is 0 Å². The van der Waals surface area contributed by atoms with Crippen molar-refractivity contribution in [1.82, 2.24) is 36.0 Å². The van der Waals surface area contributed by atoms with Gasteiger partial charge >= 0.3 is 6.03 Å². The van der Waals surface area contributed by atoms with Gasteiger partial charge < -0.3 is 37.6 Å². The molecule has 4 aliphatic rings. The number of benzene rings is 1. The number of unbranched alkanes of at least 4 members (excludes halogenated alkanes) is 1. The van der Waals surface area contributed by atoms with E-state index < -0.39 is 5.25 Å². The average molecular weight is 732 g/mol. The highest BCUT2D eigenvalue weighted by Crippen LogP contribution is 2.33. The Morgan fingerprint density at radius 1 is 0.920 bits per heavy atom. The van der Waals surface area contributed by atoms with E-state index in [1.54, 1.807) is 12.1 Å².